The molecule has 32 heavy (non-hydrogen) atoms. The molecule has 1 aliphatic heterocycles. The molecule has 3 rings (SSSR count). The van der Waals surface area contributed by atoms with Gasteiger partial charge in [0.2, 0.25) is 0 Å². The molecule has 5 nitrogen and oxygen atoms in total. The minimum atomic E-state index is -0.990. The Hall–Kier alpha value is -2.95. The Morgan fingerprint density at radius 1 is 1.06 bits per heavy atom. The van der Waals surface area contributed by atoms with Crippen LogP contribution < -0.4 is 9.47 Å². The zero-order valence-electron chi connectivity index (χ0n) is 20.0. The summed E-state index contributed by atoms with van der Waals surface area (Å²) in [6, 6.07) is 16.0. The summed E-state index contributed by atoms with van der Waals surface area (Å²) in [5.74, 6) is 0.198. The maximum Gasteiger partial charge on any atom is 0.312 e. The summed E-state index contributed by atoms with van der Waals surface area (Å²) < 4.78 is 10.9. The minimum absolute atomic E-state index is 0.169. The van der Waals surface area contributed by atoms with Crippen molar-refractivity contribution in [3.8, 4) is 11.5 Å². The molecule has 0 aromatic heterocycles. The van der Waals surface area contributed by atoms with Crippen LogP contribution in [-0.2, 0) is 11.2 Å². The number of carboxylic acids is 1. The van der Waals surface area contributed by atoms with Gasteiger partial charge in [-0.25, -0.2) is 0 Å². The first-order chi connectivity index (χ1) is 15.2. The first-order valence-corrected chi connectivity index (χ1v) is 11.2. The zero-order valence-corrected chi connectivity index (χ0v) is 20.0. The van der Waals surface area contributed by atoms with E-state index in [0.717, 1.165) is 36.2 Å². The van der Waals surface area contributed by atoms with Gasteiger partial charge in [-0.1, -0.05) is 36.4 Å². The molecule has 0 fully saturated rings. The van der Waals surface area contributed by atoms with Crippen LogP contribution in [0, 0.1) is 5.41 Å². The van der Waals surface area contributed by atoms with Gasteiger partial charge in [0.15, 0.2) is 11.5 Å². The lowest BCUT2D eigenvalue weighted by atomic mass is 9.63. The first-order valence-electron chi connectivity index (χ1n) is 11.2. The summed E-state index contributed by atoms with van der Waals surface area (Å²) in [7, 11) is 3.20. The Morgan fingerprint density at radius 3 is 2.31 bits per heavy atom. The van der Waals surface area contributed by atoms with Crippen LogP contribution in [0.15, 0.2) is 59.8 Å². The summed E-state index contributed by atoms with van der Waals surface area (Å²) in [6.45, 7) is 8.92. The van der Waals surface area contributed by atoms with Crippen LogP contribution in [0.4, 0.5) is 0 Å². The van der Waals surface area contributed by atoms with Crippen LogP contribution >= 0.6 is 0 Å². The Labute approximate surface area is 191 Å². The number of rotatable bonds is 8. The van der Waals surface area contributed by atoms with Gasteiger partial charge in [-0.15, -0.1) is 0 Å². The molecule has 0 saturated heterocycles. The van der Waals surface area contributed by atoms with Crippen LogP contribution in [0.3, 0.4) is 0 Å². The Bertz CT molecular complexity index is 984. The number of benzene rings is 2. The smallest absolute Gasteiger partial charge is 0.312 e. The average Bonchev–Trinajstić information content (AvgIpc) is 2.80. The normalized spacial score (nSPS) is 23.2. The molecule has 3 atom stereocenters. The molecule has 1 N–H and O–H groups in total. The SMILES string of the molecule is COc1ccc(C2C(C)=C(C)N(CCCc3ccccc3)C(C)C2(C)C(=O)O)cc1OC. The van der Waals surface area contributed by atoms with E-state index < -0.39 is 11.4 Å². The molecule has 1 heterocycles. The van der Waals surface area contributed by atoms with Crippen LogP contribution in [0.2, 0.25) is 0 Å². The van der Waals surface area contributed by atoms with Crippen molar-refractivity contribution in [1.29, 1.82) is 0 Å². The van der Waals surface area contributed by atoms with Gasteiger partial charge < -0.3 is 19.5 Å². The molecule has 5 heteroatoms. The van der Waals surface area contributed by atoms with E-state index in [9.17, 15) is 9.90 Å². The fourth-order valence-corrected chi connectivity index (χ4v) is 5.13. The number of aryl methyl sites for hydroxylation is 1. The van der Waals surface area contributed by atoms with Crippen molar-refractivity contribution in [2.24, 2.45) is 5.41 Å². The topological polar surface area (TPSA) is 59.0 Å². The molecule has 2 aromatic carbocycles. The van der Waals surface area contributed by atoms with Crippen LogP contribution in [0.1, 0.15) is 51.2 Å². The van der Waals surface area contributed by atoms with Gasteiger partial charge in [0.1, 0.15) is 0 Å². The van der Waals surface area contributed by atoms with E-state index in [0.29, 0.717) is 11.5 Å². The van der Waals surface area contributed by atoms with Crippen LogP contribution in [0.5, 0.6) is 11.5 Å². The fraction of sp³-hybridized carbons (Fsp3) is 0.444. The number of allylic oxidation sites excluding steroid dienone is 2. The lowest BCUT2D eigenvalue weighted by molar-refractivity contribution is -0.153. The molecule has 172 valence electrons. The number of methoxy groups -OCH3 is 2. The van der Waals surface area contributed by atoms with E-state index >= 15 is 0 Å². The van der Waals surface area contributed by atoms with Gasteiger partial charge in [-0.2, -0.15) is 0 Å². The van der Waals surface area contributed by atoms with Crippen molar-refractivity contribution in [2.75, 3.05) is 20.8 Å². The van der Waals surface area contributed by atoms with Crippen molar-refractivity contribution >= 4 is 5.97 Å². The molecular formula is C27H35NO4. The second kappa shape index (κ2) is 9.68. The van der Waals surface area contributed by atoms with Gasteiger partial charge >= 0.3 is 5.97 Å². The van der Waals surface area contributed by atoms with E-state index in [1.165, 1.54) is 5.56 Å². The van der Waals surface area contributed by atoms with E-state index in [1.54, 1.807) is 14.2 Å². The number of hydrogen-bond donors (Lipinski definition) is 1. The van der Waals surface area contributed by atoms with Gasteiger partial charge in [-0.3, -0.25) is 4.79 Å². The summed E-state index contributed by atoms with van der Waals surface area (Å²) in [4.78, 5) is 15.0. The minimum Gasteiger partial charge on any atom is -0.493 e. The molecule has 0 radical (unpaired) electrons. The molecule has 0 saturated carbocycles. The third-order valence-corrected chi connectivity index (χ3v) is 7.28. The molecule has 1 aliphatic rings. The molecule has 0 amide bonds. The number of carbonyl (C=O) groups is 1. The van der Waals surface area contributed by atoms with Gasteiger partial charge in [0.25, 0.3) is 0 Å². The highest BCUT2D eigenvalue weighted by Gasteiger charge is 2.53. The largest absolute Gasteiger partial charge is 0.493 e. The van der Waals surface area contributed by atoms with E-state index in [-0.39, 0.29) is 12.0 Å². The van der Waals surface area contributed by atoms with Crippen molar-refractivity contribution in [3.63, 3.8) is 0 Å². The molecular weight excluding hydrogens is 402 g/mol. The lowest BCUT2D eigenvalue weighted by Gasteiger charge is -2.51. The lowest BCUT2D eigenvalue weighted by Crippen LogP contribution is -2.55. The predicted octanol–water partition coefficient (Wildman–Crippen LogP) is 5.51. The van der Waals surface area contributed by atoms with Crippen molar-refractivity contribution < 1.29 is 19.4 Å². The quantitative estimate of drug-likeness (QED) is 0.590. The third-order valence-electron chi connectivity index (χ3n) is 7.28. The highest BCUT2D eigenvalue weighted by molar-refractivity contribution is 5.78. The van der Waals surface area contributed by atoms with Crippen molar-refractivity contribution in [1.82, 2.24) is 4.90 Å². The van der Waals surface area contributed by atoms with Crippen LogP contribution in [0.25, 0.3) is 0 Å². The Morgan fingerprint density at radius 2 is 1.72 bits per heavy atom. The second-order valence-electron chi connectivity index (χ2n) is 8.86. The highest BCUT2D eigenvalue weighted by atomic mass is 16.5. The average molecular weight is 438 g/mol. The molecule has 0 spiro atoms. The zero-order chi connectivity index (χ0) is 23.5. The van der Waals surface area contributed by atoms with E-state index in [4.69, 9.17) is 9.47 Å². The van der Waals surface area contributed by atoms with Crippen LogP contribution in [-0.4, -0.2) is 42.8 Å². The highest BCUT2D eigenvalue weighted by Crippen LogP contribution is 2.51. The summed E-state index contributed by atoms with van der Waals surface area (Å²) in [5, 5.41) is 10.4. The predicted molar refractivity (Wildman–Crippen MR) is 127 cm³/mol. The van der Waals surface area contributed by atoms with Gasteiger partial charge in [-0.05, 0) is 69.4 Å². The van der Waals surface area contributed by atoms with E-state index in [1.807, 2.05) is 38.1 Å². The molecule has 0 aliphatic carbocycles. The summed E-state index contributed by atoms with van der Waals surface area (Å²) >= 11 is 0. The molecule has 3 unspecified atom stereocenters. The van der Waals surface area contributed by atoms with Gasteiger partial charge in [0.05, 0.1) is 19.6 Å². The van der Waals surface area contributed by atoms with Crippen molar-refractivity contribution in [2.45, 2.75) is 52.5 Å². The molecule has 0 bridgehead atoms. The maximum atomic E-state index is 12.7. The Balaban J connectivity index is 1.97. The summed E-state index contributed by atoms with van der Waals surface area (Å²) in [5.41, 5.74) is 3.49. The number of aliphatic carboxylic acids is 1. The number of nitrogens with zero attached hydrogens (tertiary/aromatic N) is 1. The molecule has 2 aromatic rings. The number of ether oxygens (including phenoxy) is 2. The third kappa shape index (κ3) is 4.21. The fourth-order valence-electron chi connectivity index (χ4n) is 5.13. The van der Waals surface area contributed by atoms with E-state index in [2.05, 4.69) is 43.0 Å². The first kappa shape index (κ1) is 23.7. The summed E-state index contributed by atoms with van der Waals surface area (Å²) in [6.07, 6.45) is 1.94. The Kier molecular flexibility index (Phi) is 7.17. The van der Waals surface area contributed by atoms with Gasteiger partial charge in [0, 0.05) is 24.2 Å². The van der Waals surface area contributed by atoms with Crippen molar-refractivity contribution in [3.05, 3.63) is 70.9 Å². The maximum absolute atomic E-state index is 12.7. The number of hydrogen-bond acceptors (Lipinski definition) is 4. The second-order valence-corrected chi connectivity index (χ2v) is 8.86. The number of carboxylic acid groups (broad SMARTS) is 1. The monoisotopic (exact) mass is 437 g/mol. The standard InChI is InChI=1S/C27H35NO4/c1-18-19(2)28(16-10-13-21-11-8-7-9-12-21)20(3)27(4,26(29)30)25(18)22-14-15-23(31-5)24(17-22)32-6/h7-9,11-12,14-15,17,20,25H,10,13,16H2,1-6H3,(H,29,30).